The van der Waals surface area contributed by atoms with E-state index in [1.54, 1.807) is 0 Å². The first-order valence-corrected chi connectivity index (χ1v) is 3.27. The van der Waals surface area contributed by atoms with Crippen molar-refractivity contribution in [3.8, 4) is 0 Å². The van der Waals surface area contributed by atoms with Crippen molar-refractivity contribution in [1.82, 2.24) is 0 Å². The first-order chi connectivity index (χ1) is 3.85. The van der Waals surface area contributed by atoms with E-state index in [-0.39, 0.29) is 0 Å². The summed E-state index contributed by atoms with van der Waals surface area (Å²) in [6.07, 6.45) is -4.80. The predicted octanol–water partition coefficient (Wildman–Crippen LogP) is 1.34. The van der Waals surface area contributed by atoms with Gasteiger partial charge in [0.1, 0.15) is 0 Å². The molecule has 9 heavy (non-hydrogen) atoms. The third-order valence-electron chi connectivity index (χ3n) is 0.434. The Labute approximate surface area is 56.3 Å². The average molecular weight is 183 g/mol. The summed E-state index contributed by atoms with van der Waals surface area (Å²) in [6, 6.07) is 0. The molecular weight excluding hydrogens is 181 g/mol. The van der Waals surface area contributed by atoms with E-state index < -0.39 is 22.0 Å². The minimum atomic E-state index is -4.80. The molecule has 0 fully saturated rings. The maximum Gasteiger partial charge on any atom is 0.418 e. The topological polar surface area (TPSA) is 37.3 Å². The Morgan fingerprint density at radius 3 is 1.89 bits per heavy atom. The van der Waals surface area contributed by atoms with Crippen LogP contribution in [0, 0.1) is 0 Å². The zero-order chi connectivity index (χ0) is 7.65. The van der Waals surface area contributed by atoms with Gasteiger partial charge >= 0.3 is 6.18 Å². The molecule has 2 nitrogen and oxygen atoms in total. The van der Waals surface area contributed by atoms with E-state index in [1.807, 2.05) is 0 Å². The van der Waals surface area contributed by atoms with Crippen LogP contribution in [0.4, 0.5) is 13.2 Å². The molecule has 0 aromatic carbocycles. The minimum absolute atomic E-state index is 2.68. The van der Waals surface area contributed by atoms with Gasteiger partial charge in [-0.1, -0.05) is 11.6 Å². The van der Waals surface area contributed by atoms with Gasteiger partial charge in [0.15, 0.2) is 11.1 Å². The largest absolute Gasteiger partial charge is 0.418 e. The van der Waals surface area contributed by atoms with Gasteiger partial charge in [-0.3, -0.25) is 0 Å². The second kappa shape index (κ2) is 2.85. The van der Waals surface area contributed by atoms with Gasteiger partial charge in [-0.2, -0.15) is 13.2 Å². The fraction of sp³-hybridized carbons (Fsp3) is 1.00. The van der Waals surface area contributed by atoms with Crippen LogP contribution in [-0.4, -0.2) is 19.6 Å². The van der Waals surface area contributed by atoms with Gasteiger partial charge in [0.2, 0.25) is 4.71 Å². The molecule has 0 spiro atoms. The number of halogens is 4. The molecule has 0 aromatic rings. The molecule has 0 aliphatic heterocycles. The van der Waals surface area contributed by atoms with Gasteiger partial charge in [0, 0.05) is 0 Å². The lowest BCUT2D eigenvalue weighted by Crippen LogP contribution is -2.27. The summed E-state index contributed by atoms with van der Waals surface area (Å²) in [7, 11) is 0. The normalized spacial score (nSPS) is 19.2. The Hall–Kier alpha value is 0.190. The highest BCUT2D eigenvalue weighted by Gasteiger charge is 2.42. The van der Waals surface area contributed by atoms with Gasteiger partial charge in [-0.15, -0.1) is 0 Å². The molecule has 0 saturated carbocycles. The van der Waals surface area contributed by atoms with Crippen LogP contribution in [0.15, 0.2) is 0 Å². The van der Waals surface area contributed by atoms with Crippen molar-refractivity contribution in [3.05, 3.63) is 0 Å². The van der Waals surface area contributed by atoms with Crippen molar-refractivity contribution in [2.45, 2.75) is 10.9 Å². The molecule has 0 rings (SSSR count). The number of alkyl halides is 4. The summed E-state index contributed by atoms with van der Waals surface area (Å²) in [5, 5.41) is 0. The molecule has 56 valence electrons. The highest BCUT2D eigenvalue weighted by atomic mass is 35.5. The van der Waals surface area contributed by atoms with E-state index in [4.69, 9.17) is 4.55 Å². The maximum atomic E-state index is 11.2. The molecule has 2 atom stereocenters. The van der Waals surface area contributed by atoms with E-state index in [0.717, 1.165) is 0 Å². The first kappa shape index (κ1) is 9.19. The van der Waals surface area contributed by atoms with Crippen molar-refractivity contribution in [2.75, 3.05) is 0 Å². The lowest BCUT2D eigenvalue weighted by molar-refractivity contribution is -0.115. The molecule has 0 heterocycles. The molecule has 0 radical (unpaired) electrons. The zero-order valence-electron chi connectivity index (χ0n) is 3.85. The van der Waals surface area contributed by atoms with Gasteiger partial charge in [0.25, 0.3) is 0 Å². The van der Waals surface area contributed by atoms with Gasteiger partial charge in [-0.25, -0.2) is 4.21 Å². The van der Waals surface area contributed by atoms with Crippen LogP contribution in [0.25, 0.3) is 0 Å². The van der Waals surface area contributed by atoms with Gasteiger partial charge in [0.05, 0.1) is 0 Å². The Morgan fingerprint density at radius 2 is 1.89 bits per heavy atom. The monoisotopic (exact) mass is 182 g/mol. The Bertz CT molecular complexity index is 123. The van der Waals surface area contributed by atoms with Crippen molar-refractivity contribution >= 4 is 22.7 Å². The van der Waals surface area contributed by atoms with Crippen molar-refractivity contribution in [3.63, 3.8) is 0 Å². The second-order valence-electron chi connectivity index (χ2n) is 1.13. The smallest absolute Gasteiger partial charge is 0.305 e. The maximum absolute atomic E-state index is 11.2. The molecular formula is C2H2ClF3O2S. The van der Waals surface area contributed by atoms with Crippen LogP contribution in [0.2, 0.25) is 0 Å². The lowest BCUT2D eigenvalue weighted by atomic mass is 10.8. The van der Waals surface area contributed by atoms with E-state index in [0.29, 0.717) is 0 Å². The summed E-state index contributed by atoms with van der Waals surface area (Å²) in [4.78, 5) is 0. The fourth-order valence-corrected chi connectivity index (χ4v) is 0.343. The van der Waals surface area contributed by atoms with E-state index >= 15 is 0 Å². The van der Waals surface area contributed by atoms with Crippen LogP contribution < -0.4 is 0 Å². The molecule has 0 aliphatic carbocycles. The van der Waals surface area contributed by atoms with Crippen LogP contribution >= 0.6 is 11.6 Å². The standard InChI is InChI=1S/C2H2ClF3O2S/c3-1(9(7)8)2(4,5)6/h1H,(H,7,8). The zero-order valence-corrected chi connectivity index (χ0v) is 5.43. The molecule has 0 saturated heterocycles. The molecule has 0 amide bonds. The minimum Gasteiger partial charge on any atom is -0.305 e. The third-order valence-corrected chi connectivity index (χ3v) is 1.76. The summed E-state index contributed by atoms with van der Waals surface area (Å²) in [6.45, 7) is 0. The first-order valence-electron chi connectivity index (χ1n) is 1.66. The molecule has 0 bridgehead atoms. The van der Waals surface area contributed by atoms with Crippen molar-refractivity contribution in [2.24, 2.45) is 0 Å². The summed E-state index contributed by atoms with van der Waals surface area (Å²) < 4.78 is 48.3. The van der Waals surface area contributed by atoms with Crippen LogP contribution in [0.5, 0.6) is 0 Å². The summed E-state index contributed by atoms with van der Waals surface area (Å²) in [5.74, 6) is 0. The Morgan fingerprint density at radius 1 is 1.56 bits per heavy atom. The van der Waals surface area contributed by atoms with Gasteiger partial charge < -0.3 is 4.55 Å². The quantitative estimate of drug-likeness (QED) is 0.491. The number of hydrogen-bond donors (Lipinski definition) is 1. The number of rotatable bonds is 1. The molecule has 0 aliphatic rings. The molecule has 0 aromatic heterocycles. The van der Waals surface area contributed by atoms with Crippen LogP contribution in [0.3, 0.4) is 0 Å². The SMILES string of the molecule is O=S(O)C(Cl)C(F)(F)F. The van der Waals surface area contributed by atoms with E-state index in [9.17, 15) is 17.4 Å². The molecule has 2 unspecified atom stereocenters. The van der Waals surface area contributed by atoms with E-state index in [1.165, 1.54) is 0 Å². The van der Waals surface area contributed by atoms with Crippen LogP contribution in [-0.2, 0) is 11.1 Å². The lowest BCUT2D eigenvalue weighted by Gasteiger charge is -2.07. The van der Waals surface area contributed by atoms with Crippen molar-refractivity contribution < 1.29 is 21.9 Å². The second-order valence-corrected chi connectivity index (χ2v) is 2.85. The van der Waals surface area contributed by atoms with E-state index in [2.05, 4.69) is 11.6 Å². The highest BCUT2D eigenvalue weighted by molar-refractivity contribution is 7.81. The third kappa shape index (κ3) is 3.02. The number of hydrogen-bond acceptors (Lipinski definition) is 1. The van der Waals surface area contributed by atoms with Gasteiger partial charge in [-0.05, 0) is 0 Å². The highest BCUT2D eigenvalue weighted by Crippen LogP contribution is 2.26. The fourth-order valence-electron chi connectivity index (χ4n) is 0.114. The molecule has 1 N–H and O–H groups in total. The molecule has 7 heteroatoms. The summed E-state index contributed by atoms with van der Waals surface area (Å²) in [5.41, 5.74) is 0. The van der Waals surface area contributed by atoms with Crippen LogP contribution in [0.1, 0.15) is 0 Å². The summed E-state index contributed by atoms with van der Waals surface area (Å²) >= 11 is 1.38. The Balaban J connectivity index is 4.04. The Kier molecular flexibility index (Phi) is 2.91. The van der Waals surface area contributed by atoms with Crippen molar-refractivity contribution in [1.29, 1.82) is 0 Å². The average Bonchev–Trinajstić information content (AvgIpc) is 1.62. The predicted molar refractivity (Wildman–Crippen MR) is 26.5 cm³/mol.